The van der Waals surface area contributed by atoms with Gasteiger partial charge in [-0.25, -0.2) is 0 Å². The van der Waals surface area contributed by atoms with Crippen LogP contribution in [0.1, 0.15) is 36.4 Å². The Bertz CT molecular complexity index is 485. The zero-order valence-electron chi connectivity index (χ0n) is 11.5. The first-order chi connectivity index (χ1) is 9.74. The van der Waals surface area contributed by atoms with Crippen molar-refractivity contribution in [1.82, 2.24) is 5.32 Å². The maximum absolute atomic E-state index is 12.2. The number of carbonyl (C=O) groups is 1. The highest BCUT2D eigenvalue weighted by Gasteiger charge is 2.32. The number of aliphatic hydroxyl groups excluding tert-OH is 1. The lowest BCUT2D eigenvalue weighted by Crippen LogP contribution is -2.35. The highest BCUT2D eigenvalue weighted by atomic mass is 32.2. The molecule has 1 aliphatic heterocycles. The molecule has 1 aromatic rings. The summed E-state index contributed by atoms with van der Waals surface area (Å²) in [6, 6.07) is 7.76. The summed E-state index contributed by atoms with van der Waals surface area (Å²) in [5.74, 6) is 2.95. The molecule has 1 fully saturated rings. The molecule has 0 spiro atoms. The first-order valence-electron chi connectivity index (χ1n) is 7.37. The van der Waals surface area contributed by atoms with Gasteiger partial charge in [-0.15, -0.1) is 0 Å². The summed E-state index contributed by atoms with van der Waals surface area (Å²) >= 11 is 1.98. The van der Waals surface area contributed by atoms with E-state index in [1.54, 1.807) is 0 Å². The van der Waals surface area contributed by atoms with E-state index >= 15 is 0 Å². The first-order valence-corrected chi connectivity index (χ1v) is 8.52. The molecule has 2 N–H and O–H groups in total. The minimum Gasteiger partial charge on any atom is -0.390 e. The largest absolute Gasteiger partial charge is 0.390 e. The van der Waals surface area contributed by atoms with Crippen LogP contribution < -0.4 is 5.32 Å². The number of aliphatic hydroxyl groups is 1. The van der Waals surface area contributed by atoms with Gasteiger partial charge in [0, 0.05) is 12.8 Å². The predicted octanol–water partition coefficient (Wildman–Crippen LogP) is 2.29. The van der Waals surface area contributed by atoms with Crippen molar-refractivity contribution in [3.8, 4) is 0 Å². The van der Waals surface area contributed by atoms with Crippen molar-refractivity contribution in [2.75, 3.05) is 11.5 Å². The van der Waals surface area contributed by atoms with Gasteiger partial charge in [-0.3, -0.25) is 4.79 Å². The minimum absolute atomic E-state index is 0.0858. The average Bonchev–Trinajstić information content (AvgIpc) is 2.76. The molecule has 108 valence electrons. The number of rotatable bonds is 3. The summed E-state index contributed by atoms with van der Waals surface area (Å²) in [6.45, 7) is 0. The third-order valence-corrected chi connectivity index (χ3v) is 5.38. The third-order valence-electron chi connectivity index (χ3n) is 4.34. The summed E-state index contributed by atoms with van der Waals surface area (Å²) in [7, 11) is 0. The molecule has 1 heterocycles. The van der Waals surface area contributed by atoms with Crippen LogP contribution >= 0.6 is 11.8 Å². The summed E-state index contributed by atoms with van der Waals surface area (Å²) < 4.78 is 0. The number of carbonyl (C=O) groups excluding carboxylic acids is 1. The highest BCUT2D eigenvalue weighted by molar-refractivity contribution is 7.99. The molecular weight excluding hydrogens is 270 g/mol. The summed E-state index contributed by atoms with van der Waals surface area (Å²) in [5.41, 5.74) is 2.23. The molecule has 20 heavy (non-hydrogen) atoms. The molecule has 3 nitrogen and oxygen atoms in total. The maximum Gasteiger partial charge on any atom is 0.220 e. The number of hydrogen-bond donors (Lipinski definition) is 2. The average molecular weight is 291 g/mol. The topological polar surface area (TPSA) is 49.3 Å². The molecule has 1 aromatic carbocycles. The minimum atomic E-state index is -0.488. The fraction of sp³-hybridized carbons (Fsp3) is 0.562. The number of fused-ring (bicyclic) bond motifs is 1. The molecule has 2 aliphatic rings. The summed E-state index contributed by atoms with van der Waals surface area (Å²) in [6.07, 6.45) is 3.04. The second-order valence-electron chi connectivity index (χ2n) is 5.78. The van der Waals surface area contributed by atoms with Gasteiger partial charge in [0.25, 0.3) is 0 Å². The van der Waals surface area contributed by atoms with Gasteiger partial charge in [0.15, 0.2) is 0 Å². The molecule has 1 amide bonds. The van der Waals surface area contributed by atoms with E-state index in [1.165, 1.54) is 11.5 Å². The summed E-state index contributed by atoms with van der Waals surface area (Å²) in [5, 5.41) is 13.2. The van der Waals surface area contributed by atoms with Crippen LogP contribution in [0.25, 0.3) is 0 Å². The molecule has 3 rings (SSSR count). The molecule has 1 saturated heterocycles. The van der Waals surface area contributed by atoms with E-state index in [4.69, 9.17) is 0 Å². The van der Waals surface area contributed by atoms with E-state index in [2.05, 4.69) is 5.32 Å². The van der Waals surface area contributed by atoms with Crippen LogP contribution in [0.15, 0.2) is 24.3 Å². The Labute approximate surface area is 124 Å². The van der Waals surface area contributed by atoms with E-state index in [0.717, 1.165) is 24.0 Å². The van der Waals surface area contributed by atoms with Crippen molar-refractivity contribution < 1.29 is 9.90 Å². The Hall–Kier alpha value is -1.00. The van der Waals surface area contributed by atoms with Crippen LogP contribution in [0.2, 0.25) is 0 Å². The second-order valence-corrected chi connectivity index (χ2v) is 7.00. The van der Waals surface area contributed by atoms with Crippen LogP contribution in [0.5, 0.6) is 0 Å². The zero-order chi connectivity index (χ0) is 13.9. The standard InChI is InChI=1S/C16H21NO2S/c18-14-10-12-3-1-2-4-13(12)16(14)17-15(19)9-11-5-7-20-8-6-11/h1-4,11,14,16,18H,5-10H2,(H,17,19)/t14-,16+/m0/s1. The first kappa shape index (κ1) is 14.0. The van der Waals surface area contributed by atoms with Crippen molar-refractivity contribution in [3.05, 3.63) is 35.4 Å². The second kappa shape index (κ2) is 6.19. The fourth-order valence-corrected chi connectivity index (χ4v) is 4.40. The van der Waals surface area contributed by atoms with E-state index < -0.39 is 6.10 Å². The SMILES string of the molecule is O=C(CC1CCSCC1)N[C@@H]1c2ccccc2C[C@@H]1O. The monoisotopic (exact) mass is 291 g/mol. The van der Waals surface area contributed by atoms with Crippen LogP contribution in [-0.4, -0.2) is 28.6 Å². The van der Waals surface area contributed by atoms with Gasteiger partial charge in [-0.1, -0.05) is 24.3 Å². The molecule has 0 unspecified atom stereocenters. The van der Waals surface area contributed by atoms with E-state index in [0.29, 0.717) is 18.8 Å². The van der Waals surface area contributed by atoms with Gasteiger partial charge in [0.1, 0.15) is 0 Å². The van der Waals surface area contributed by atoms with E-state index in [-0.39, 0.29) is 11.9 Å². The Balaban J connectivity index is 1.61. The van der Waals surface area contributed by atoms with Crippen LogP contribution in [0, 0.1) is 5.92 Å². The highest BCUT2D eigenvalue weighted by Crippen LogP contribution is 2.32. The van der Waals surface area contributed by atoms with E-state index in [9.17, 15) is 9.90 Å². The lowest BCUT2D eigenvalue weighted by Gasteiger charge is -2.23. The number of thioether (sulfide) groups is 1. The van der Waals surface area contributed by atoms with Crippen molar-refractivity contribution in [1.29, 1.82) is 0 Å². The van der Waals surface area contributed by atoms with Gasteiger partial charge in [-0.05, 0) is 41.4 Å². The van der Waals surface area contributed by atoms with Crippen molar-refractivity contribution in [3.63, 3.8) is 0 Å². The van der Waals surface area contributed by atoms with Gasteiger partial charge in [0.05, 0.1) is 12.1 Å². The number of benzene rings is 1. The lowest BCUT2D eigenvalue weighted by atomic mass is 9.98. The van der Waals surface area contributed by atoms with Crippen molar-refractivity contribution in [2.24, 2.45) is 5.92 Å². The normalized spacial score (nSPS) is 26.2. The molecule has 1 aliphatic carbocycles. The molecule has 0 saturated carbocycles. The lowest BCUT2D eigenvalue weighted by molar-refractivity contribution is -0.123. The smallest absolute Gasteiger partial charge is 0.220 e. The van der Waals surface area contributed by atoms with Crippen LogP contribution in [0.3, 0.4) is 0 Å². The van der Waals surface area contributed by atoms with Crippen molar-refractivity contribution >= 4 is 17.7 Å². The van der Waals surface area contributed by atoms with Gasteiger partial charge < -0.3 is 10.4 Å². The molecular formula is C16H21NO2S. The number of hydrogen-bond acceptors (Lipinski definition) is 3. The molecule has 4 heteroatoms. The predicted molar refractivity (Wildman–Crippen MR) is 81.7 cm³/mol. The molecule has 2 atom stereocenters. The maximum atomic E-state index is 12.2. The van der Waals surface area contributed by atoms with Crippen LogP contribution in [0.4, 0.5) is 0 Å². The van der Waals surface area contributed by atoms with Gasteiger partial charge in [0.2, 0.25) is 5.91 Å². The number of amides is 1. The Morgan fingerprint density at radius 2 is 2.05 bits per heavy atom. The molecule has 0 radical (unpaired) electrons. The van der Waals surface area contributed by atoms with Crippen LogP contribution in [-0.2, 0) is 11.2 Å². The quantitative estimate of drug-likeness (QED) is 0.898. The summed E-state index contributed by atoms with van der Waals surface area (Å²) in [4.78, 5) is 12.2. The molecule has 0 bridgehead atoms. The van der Waals surface area contributed by atoms with Gasteiger partial charge in [-0.2, -0.15) is 11.8 Å². The third kappa shape index (κ3) is 3.01. The van der Waals surface area contributed by atoms with E-state index in [1.807, 2.05) is 36.0 Å². The van der Waals surface area contributed by atoms with Crippen molar-refractivity contribution in [2.45, 2.75) is 37.8 Å². The Kier molecular flexibility index (Phi) is 4.32. The molecule has 0 aromatic heterocycles. The van der Waals surface area contributed by atoms with Gasteiger partial charge >= 0.3 is 0 Å². The fourth-order valence-electron chi connectivity index (χ4n) is 3.19. The zero-order valence-corrected chi connectivity index (χ0v) is 12.4. The number of nitrogens with one attached hydrogen (secondary N) is 1. The Morgan fingerprint density at radius 3 is 2.85 bits per heavy atom. The Morgan fingerprint density at radius 1 is 1.30 bits per heavy atom.